The minimum absolute atomic E-state index is 0.851. The lowest BCUT2D eigenvalue weighted by Crippen LogP contribution is -2.70. The molecule has 0 aliphatic carbocycles. The fourth-order valence-corrected chi connectivity index (χ4v) is 2.57. The van der Waals surface area contributed by atoms with Gasteiger partial charge in [0, 0.05) is 13.0 Å². The number of sulfonamides is 1. The highest BCUT2D eigenvalue weighted by atomic mass is 32.2. The first-order valence-electron chi connectivity index (χ1n) is 6.56. The zero-order valence-electron chi connectivity index (χ0n) is 12.9. The second-order valence-electron chi connectivity index (χ2n) is 5.19. The van der Waals surface area contributed by atoms with E-state index in [9.17, 15) is 65.5 Å². The highest BCUT2D eigenvalue weighted by Crippen LogP contribution is 2.60. The van der Waals surface area contributed by atoms with Crippen LogP contribution < -0.4 is 4.72 Å². The van der Waals surface area contributed by atoms with Crippen LogP contribution >= 0.6 is 0 Å². The molecular formula is C10H10F13NO3S. The number of hydrogen-bond acceptors (Lipinski definition) is 3. The molecule has 0 spiro atoms. The maximum absolute atomic E-state index is 13.3. The van der Waals surface area contributed by atoms with Gasteiger partial charge in [-0.1, -0.05) is 0 Å². The van der Waals surface area contributed by atoms with Crippen molar-refractivity contribution < 1.29 is 70.6 Å². The first-order valence-corrected chi connectivity index (χ1v) is 8.21. The maximum Gasteiger partial charge on any atom is 0.460 e. The Morgan fingerprint density at radius 3 is 1.43 bits per heavy atom. The molecule has 4 nitrogen and oxygen atoms in total. The minimum atomic E-state index is -8.03. The summed E-state index contributed by atoms with van der Waals surface area (Å²) >= 11 is 0. The van der Waals surface area contributed by atoms with Gasteiger partial charge >= 0.3 is 35.8 Å². The Kier molecular flexibility index (Phi) is 7.37. The summed E-state index contributed by atoms with van der Waals surface area (Å²) in [5.74, 6) is -39.9. The number of halogens is 13. The lowest BCUT2D eigenvalue weighted by molar-refractivity contribution is -0.439. The summed E-state index contributed by atoms with van der Waals surface area (Å²) in [6.07, 6.45) is -10.4. The van der Waals surface area contributed by atoms with Gasteiger partial charge in [-0.05, 0) is 0 Å². The molecule has 0 saturated heterocycles. The van der Waals surface area contributed by atoms with E-state index in [1.165, 1.54) is 4.72 Å². The zero-order valence-corrected chi connectivity index (χ0v) is 13.7. The van der Waals surface area contributed by atoms with Crippen LogP contribution in [-0.2, 0) is 10.0 Å². The average molecular weight is 471 g/mol. The van der Waals surface area contributed by atoms with E-state index in [1.54, 1.807) is 0 Å². The predicted molar refractivity (Wildman–Crippen MR) is 64.3 cm³/mol. The SMILES string of the molecule is O=S(=O)(CCC(F)(F)C(F)(F)C(F)(F)C(F)(F)C(F)(F)C(F)(F)F)NCCO. The van der Waals surface area contributed by atoms with Gasteiger partial charge in [0.2, 0.25) is 10.0 Å². The molecule has 0 fully saturated rings. The van der Waals surface area contributed by atoms with Gasteiger partial charge in [-0.2, -0.15) is 57.1 Å². The smallest absolute Gasteiger partial charge is 0.395 e. The van der Waals surface area contributed by atoms with Crippen molar-refractivity contribution in [2.75, 3.05) is 18.9 Å². The molecule has 0 bridgehead atoms. The van der Waals surface area contributed by atoms with Gasteiger partial charge in [-0.15, -0.1) is 0 Å². The third-order valence-corrected chi connectivity index (χ3v) is 4.50. The Hall–Kier alpha value is -1.04. The van der Waals surface area contributed by atoms with Crippen LogP contribution in [0.25, 0.3) is 0 Å². The number of aliphatic hydroxyl groups is 1. The van der Waals surface area contributed by atoms with Crippen molar-refractivity contribution in [3.05, 3.63) is 0 Å². The molecule has 0 rings (SSSR count). The summed E-state index contributed by atoms with van der Waals surface area (Å²) in [6, 6.07) is 0. The van der Waals surface area contributed by atoms with Gasteiger partial charge in [0.25, 0.3) is 0 Å². The Labute approximate surface area is 147 Å². The topological polar surface area (TPSA) is 66.4 Å². The summed E-state index contributed by atoms with van der Waals surface area (Å²) in [4.78, 5) is 0. The van der Waals surface area contributed by atoms with Crippen LogP contribution in [0.4, 0.5) is 57.1 Å². The molecule has 0 aromatic heterocycles. The van der Waals surface area contributed by atoms with Crippen molar-refractivity contribution in [3.8, 4) is 0 Å². The van der Waals surface area contributed by atoms with Gasteiger partial charge in [0.05, 0.1) is 12.4 Å². The molecule has 2 N–H and O–H groups in total. The fourth-order valence-electron chi connectivity index (χ4n) is 1.49. The van der Waals surface area contributed by atoms with E-state index in [1.807, 2.05) is 0 Å². The molecule has 0 aliphatic rings. The molecular weight excluding hydrogens is 461 g/mol. The summed E-state index contributed by atoms with van der Waals surface area (Å²) in [6.45, 7) is -1.78. The number of alkyl halides is 13. The molecule has 170 valence electrons. The Bertz CT molecular complexity index is 643. The highest BCUT2D eigenvalue weighted by molar-refractivity contribution is 7.89. The molecule has 0 amide bonds. The third-order valence-electron chi connectivity index (χ3n) is 3.12. The van der Waals surface area contributed by atoms with E-state index in [-0.39, 0.29) is 0 Å². The monoisotopic (exact) mass is 471 g/mol. The van der Waals surface area contributed by atoms with Crippen LogP contribution in [0.15, 0.2) is 0 Å². The van der Waals surface area contributed by atoms with Crippen LogP contribution in [0.3, 0.4) is 0 Å². The normalized spacial score (nSPS) is 15.8. The number of hydrogen-bond donors (Lipinski definition) is 2. The van der Waals surface area contributed by atoms with E-state index < -0.39 is 71.1 Å². The molecule has 0 radical (unpaired) electrons. The van der Waals surface area contributed by atoms with Crippen molar-refractivity contribution in [2.45, 2.75) is 42.2 Å². The van der Waals surface area contributed by atoms with Crippen molar-refractivity contribution in [1.29, 1.82) is 0 Å². The van der Waals surface area contributed by atoms with Crippen molar-refractivity contribution in [1.82, 2.24) is 4.72 Å². The summed E-state index contributed by atoms with van der Waals surface area (Å²) < 4.78 is 190. The lowest BCUT2D eigenvalue weighted by Gasteiger charge is -2.39. The van der Waals surface area contributed by atoms with Crippen molar-refractivity contribution in [3.63, 3.8) is 0 Å². The van der Waals surface area contributed by atoms with Crippen LogP contribution in [0.1, 0.15) is 6.42 Å². The van der Waals surface area contributed by atoms with Gasteiger partial charge in [-0.3, -0.25) is 0 Å². The lowest BCUT2D eigenvalue weighted by atomic mass is 9.93. The van der Waals surface area contributed by atoms with Gasteiger partial charge in [-0.25, -0.2) is 13.1 Å². The van der Waals surface area contributed by atoms with Gasteiger partial charge < -0.3 is 5.11 Å². The standard InChI is InChI=1S/C10H10F13NO3S/c11-5(12,1-4-28(26,27)24-2-3-25)6(13,14)7(15,16)8(17,18)9(19,20)10(21,22)23/h24-25H,1-4H2. The molecule has 0 aromatic rings. The van der Waals surface area contributed by atoms with E-state index in [0.29, 0.717) is 0 Å². The van der Waals surface area contributed by atoms with Crippen LogP contribution in [0.5, 0.6) is 0 Å². The minimum Gasteiger partial charge on any atom is -0.395 e. The number of nitrogens with one attached hydrogen (secondary N) is 1. The second-order valence-corrected chi connectivity index (χ2v) is 7.11. The maximum atomic E-state index is 13.3. The molecule has 0 atom stereocenters. The Morgan fingerprint density at radius 2 is 1.07 bits per heavy atom. The van der Waals surface area contributed by atoms with E-state index in [2.05, 4.69) is 0 Å². The van der Waals surface area contributed by atoms with Gasteiger partial charge in [0.1, 0.15) is 0 Å². The largest absolute Gasteiger partial charge is 0.460 e. The molecule has 18 heteroatoms. The van der Waals surface area contributed by atoms with E-state index >= 15 is 0 Å². The second kappa shape index (κ2) is 7.66. The molecule has 28 heavy (non-hydrogen) atoms. The molecule has 0 saturated carbocycles. The van der Waals surface area contributed by atoms with Crippen LogP contribution in [0, 0.1) is 0 Å². The van der Waals surface area contributed by atoms with E-state index in [4.69, 9.17) is 5.11 Å². The number of rotatable bonds is 10. The quantitative estimate of drug-likeness (QED) is 0.482. The highest BCUT2D eigenvalue weighted by Gasteiger charge is 2.90. The Balaban J connectivity index is 5.93. The van der Waals surface area contributed by atoms with Gasteiger partial charge in [0.15, 0.2) is 0 Å². The summed E-state index contributed by atoms with van der Waals surface area (Å²) in [5, 5.41) is 8.28. The molecule has 0 heterocycles. The zero-order chi connectivity index (χ0) is 23.0. The summed E-state index contributed by atoms with van der Waals surface area (Å²) in [7, 11) is -4.95. The summed E-state index contributed by atoms with van der Waals surface area (Å²) in [5.41, 5.74) is 0. The molecule has 0 unspecified atom stereocenters. The molecule has 0 aliphatic heterocycles. The first kappa shape index (κ1) is 27.0. The van der Waals surface area contributed by atoms with Crippen molar-refractivity contribution in [2.24, 2.45) is 0 Å². The predicted octanol–water partition coefficient (Wildman–Crippen LogP) is 3.03. The van der Waals surface area contributed by atoms with Crippen LogP contribution in [-0.4, -0.2) is 68.2 Å². The first-order chi connectivity index (χ1) is 12.0. The Morgan fingerprint density at radius 1 is 0.679 bits per heavy atom. The number of aliphatic hydroxyl groups excluding tert-OH is 1. The van der Waals surface area contributed by atoms with Crippen molar-refractivity contribution >= 4 is 10.0 Å². The fraction of sp³-hybridized carbons (Fsp3) is 1.00. The third kappa shape index (κ3) is 4.58. The molecule has 0 aromatic carbocycles. The van der Waals surface area contributed by atoms with E-state index in [0.717, 1.165) is 0 Å². The van der Waals surface area contributed by atoms with Crippen LogP contribution in [0.2, 0.25) is 0 Å². The average Bonchev–Trinajstić information content (AvgIpc) is 2.49.